The van der Waals surface area contributed by atoms with Crippen molar-refractivity contribution in [3.8, 4) is 0 Å². The van der Waals surface area contributed by atoms with E-state index in [9.17, 15) is 14.4 Å². The largest absolute Gasteiger partial charge is 0.448 e. The molecule has 0 radical (unpaired) electrons. The van der Waals surface area contributed by atoms with Gasteiger partial charge in [-0.25, -0.2) is 9.59 Å². The molecule has 0 bridgehead atoms. The zero-order valence-corrected chi connectivity index (χ0v) is 20.4. The molecule has 1 fully saturated rings. The number of aromatic nitrogens is 2. The van der Waals surface area contributed by atoms with E-state index in [0.717, 1.165) is 41.6 Å². The van der Waals surface area contributed by atoms with Crippen LogP contribution in [0.4, 0.5) is 21.1 Å². The monoisotopic (exact) mass is 510 g/mol. The second kappa shape index (κ2) is 12.6. The summed E-state index contributed by atoms with van der Waals surface area (Å²) < 4.78 is 11.1. The summed E-state index contributed by atoms with van der Waals surface area (Å²) in [5.74, 6) is 0.0481. The minimum atomic E-state index is -0.690. The van der Waals surface area contributed by atoms with Crippen LogP contribution in [0, 0.1) is 0 Å². The number of carbonyl (C=O) groups excluding carboxylic acids is 3. The summed E-state index contributed by atoms with van der Waals surface area (Å²) >= 11 is 11.1. The van der Waals surface area contributed by atoms with Gasteiger partial charge in [-0.15, -0.1) is 27.9 Å². The number of halogens is 2. The molecule has 1 aliphatic carbocycles. The van der Waals surface area contributed by atoms with Crippen molar-refractivity contribution >= 4 is 52.8 Å². The molecule has 9 nitrogen and oxygen atoms in total. The van der Waals surface area contributed by atoms with E-state index in [1.807, 2.05) is 0 Å². The Morgan fingerprint density at radius 1 is 1.06 bits per heavy atom. The van der Waals surface area contributed by atoms with Gasteiger partial charge in [0.05, 0.1) is 23.4 Å². The normalized spacial score (nSPS) is 14.4. The predicted octanol–water partition coefficient (Wildman–Crippen LogP) is 5.29. The fourth-order valence-corrected chi connectivity index (χ4v) is 3.92. The van der Waals surface area contributed by atoms with Gasteiger partial charge >= 0.3 is 12.2 Å². The fourth-order valence-electron chi connectivity index (χ4n) is 3.76. The molecule has 0 aliphatic heterocycles. The summed E-state index contributed by atoms with van der Waals surface area (Å²) in [5.41, 5.74) is 2.01. The molecular formula is C23H28Cl2N4O5. The van der Waals surface area contributed by atoms with E-state index >= 15 is 0 Å². The smallest absolute Gasteiger partial charge is 0.436 e. The molecular weight excluding hydrogens is 483 g/mol. The first-order valence-electron chi connectivity index (χ1n) is 11.2. The third-order valence-electron chi connectivity index (χ3n) is 5.59. The number of alkyl halides is 2. The minimum Gasteiger partial charge on any atom is -0.448 e. The van der Waals surface area contributed by atoms with Crippen molar-refractivity contribution in [2.24, 2.45) is 0 Å². The summed E-state index contributed by atoms with van der Waals surface area (Å²) in [6.45, 7) is 1.90. The number of carbonyl (C=O) groups is 3. The number of hydrogen-bond donors (Lipinski definition) is 2. The van der Waals surface area contributed by atoms with E-state index in [-0.39, 0.29) is 42.6 Å². The van der Waals surface area contributed by atoms with Crippen LogP contribution in [0.25, 0.3) is 0 Å². The highest BCUT2D eigenvalue weighted by molar-refractivity contribution is 6.18. The standard InChI is InChI=1S/C23H28Cl2N4O5/c1-15(16-6-8-18(9-7-16)26-22(31)33-12-10-24)21(30)27-20-14-19(17-4-2-3-5-17)28-29(20)23(32)34-13-11-25/h6-9,14-15,17H,2-5,10-13H2,1H3,(H,26,31)(H,27,30)/t15-/m0/s1. The number of ether oxygens (including phenoxy) is 2. The van der Waals surface area contributed by atoms with Crippen LogP contribution in [0.2, 0.25) is 0 Å². The van der Waals surface area contributed by atoms with Gasteiger partial charge in [0.1, 0.15) is 19.0 Å². The zero-order valence-electron chi connectivity index (χ0n) is 18.9. The molecule has 1 heterocycles. The second-order valence-corrected chi connectivity index (χ2v) is 8.69. The summed E-state index contributed by atoms with van der Waals surface area (Å²) in [7, 11) is 0. The lowest BCUT2D eigenvalue weighted by Crippen LogP contribution is -2.24. The molecule has 1 aliphatic rings. The van der Waals surface area contributed by atoms with Gasteiger partial charge < -0.3 is 14.8 Å². The van der Waals surface area contributed by atoms with Gasteiger partial charge in [-0.05, 0) is 37.5 Å². The Labute approximate surface area is 208 Å². The lowest BCUT2D eigenvalue weighted by molar-refractivity contribution is -0.117. The highest BCUT2D eigenvalue weighted by atomic mass is 35.5. The summed E-state index contributed by atoms with van der Waals surface area (Å²) in [5, 5.41) is 9.81. The molecule has 34 heavy (non-hydrogen) atoms. The number of nitrogens with zero attached hydrogens (tertiary/aromatic N) is 2. The molecule has 2 aromatic rings. The van der Waals surface area contributed by atoms with Gasteiger partial charge in [0.15, 0.2) is 0 Å². The number of rotatable bonds is 9. The third-order valence-corrected chi connectivity index (χ3v) is 5.90. The Hall–Kier alpha value is -2.78. The molecule has 3 rings (SSSR count). The van der Waals surface area contributed by atoms with Crippen molar-refractivity contribution < 1.29 is 23.9 Å². The van der Waals surface area contributed by atoms with Crippen LogP contribution < -0.4 is 10.6 Å². The topological polar surface area (TPSA) is 112 Å². The summed E-state index contributed by atoms with van der Waals surface area (Å²) in [4.78, 5) is 37.1. The molecule has 1 aromatic heterocycles. The number of hydrogen-bond acceptors (Lipinski definition) is 6. The quantitative estimate of drug-likeness (QED) is 0.443. The molecule has 1 aromatic carbocycles. The van der Waals surface area contributed by atoms with Gasteiger partial charge in [-0.2, -0.15) is 5.10 Å². The Kier molecular flexibility index (Phi) is 9.59. The molecule has 184 valence electrons. The van der Waals surface area contributed by atoms with Crippen molar-refractivity contribution in [1.82, 2.24) is 9.78 Å². The van der Waals surface area contributed by atoms with Crippen molar-refractivity contribution in [3.05, 3.63) is 41.6 Å². The minimum absolute atomic E-state index is 0.0442. The molecule has 1 saturated carbocycles. The molecule has 0 saturated heterocycles. The van der Waals surface area contributed by atoms with Gasteiger partial charge in [-0.3, -0.25) is 10.1 Å². The van der Waals surface area contributed by atoms with Crippen molar-refractivity contribution in [2.45, 2.75) is 44.4 Å². The van der Waals surface area contributed by atoms with Gasteiger partial charge in [0.25, 0.3) is 0 Å². The molecule has 11 heteroatoms. The summed E-state index contributed by atoms with van der Waals surface area (Å²) in [6.07, 6.45) is 2.93. The maximum atomic E-state index is 13.0. The van der Waals surface area contributed by atoms with Gasteiger partial charge in [0.2, 0.25) is 5.91 Å². The van der Waals surface area contributed by atoms with E-state index in [1.54, 1.807) is 37.3 Å². The van der Waals surface area contributed by atoms with Crippen molar-refractivity contribution in [1.29, 1.82) is 0 Å². The lowest BCUT2D eigenvalue weighted by Gasteiger charge is -2.14. The van der Waals surface area contributed by atoms with Crippen LogP contribution >= 0.6 is 23.2 Å². The van der Waals surface area contributed by atoms with Gasteiger partial charge in [0, 0.05) is 17.7 Å². The first kappa shape index (κ1) is 25.8. The van der Waals surface area contributed by atoms with E-state index in [0.29, 0.717) is 5.69 Å². The second-order valence-electron chi connectivity index (χ2n) is 7.93. The molecule has 1 atom stereocenters. The Bertz CT molecular complexity index is 990. The van der Waals surface area contributed by atoms with E-state index in [2.05, 4.69) is 15.7 Å². The number of nitrogens with one attached hydrogen (secondary N) is 2. The van der Waals surface area contributed by atoms with E-state index in [4.69, 9.17) is 32.7 Å². The highest BCUT2D eigenvalue weighted by Crippen LogP contribution is 2.34. The van der Waals surface area contributed by atoms with Crippen molar-refractivity contribution in [2.75, 3.05) is 35.6 Å². The number of benzene rings is 1. The average molecular weight is 511 g/mol. The Morgan fingerprint density at radius 3 is 2.35 bits per heavy atom. The highest BCUT2D eigenvalue weighted by Gasteiger charge is 2.26. The molecule has 2 N–H and O–H groups in total. The van der Waals surface area contributed by atoms with Crippen LogP contribution in [-0.2, 0) is 14.3 Å². The molecule has 2 amide bonds. The van der Waals surface area contributed by atoms with Gasteiger partial charge in [-0.1, -0.05) is 25.0 Å². The van der Waals surface area contributed by atoms with Crippen LogP contribution in [0.3, 0.4) is 0 Å². The van der Waals surface area contributed by atoms with Crippen LogP contribution in [0.15, 0.2) is 30.3 Å². The number of amides is 2. The maximum Gasteiger partial charge on any atom is 0.436 e. The first-order chi connectivity index (χ1) is 16.4. The van der Waals surface area contributed by atoms with Crippen molar-refractivity contribution in [3.63, 3.8) is 0 Å². The fraction of sp³-hybridized carbons (Fsp3) is 0.478. The summed E-state index contributed by atoms with van der Waals surface area (Å²) in [6, 6.07) is 8.55. The lowest BCUT2D eigenvalue weighted by atomic mass is 10.00. The molecule has 0 unspecified atom stereocenters. The zero-order chi connectivity index (χ0) is 24.5. The maximum absolute atomic E-state index is 13.0. The Morgan fingerprint density at radius 2 is 1.71 bits per heavy atom. The van der Waals surface area contributed by atoms with E-state index < -0.39 is 18.1 Å². The van der Waals surface area contributed by atoms with Crippen LogP contribution in [-0.4, -0.2) is 52.8 Å². The van der Waals surface area contributed by atoms with Crippen LogP contribution in [0.5, 0.6) is 0 Å². The van der Waals surface area contributed by atoms with Crippen LogP contribution in [0.1, 0.15) is 55.7 Å². The SMILES string of the molecule is C[C@H](C(=O)Nc1cc(C2CCCC2)nn1C(=O)OCCCl)c1ccc(NC(=O)OCCCl)cc1. The first-order valence-corrected chi connectivity index (χ1v) is 12.2. The molecule has 0 spiro atoms. The third kappa shape index (κ3) is 6.87. The predicted molar refractivity (Wildman–Crippen MR) is 130 cm³/mol. The number of anilines is 2. The Balaban J connectivity index is 1.69. The average Bonchev–Trinajstić information content (AvgIpc) is 3.51. The van der Waals surface area contributed by atoms with E-state index in [1.165, 1.54) is 0 Å².